The number of aromatic nitrogens is 1. The maximum atomic E-state index is 13.1. The lowest BCUT2D eigenvalue weighted by molar-refractivity contribution is -0.140. The first-order valence-corrected chi connectivity index (χ1v) is 10.5. The van der Waals surface area contributed by atoms with Gasteiger partial charge in [0.1, 0.15) is 16.9 Å². The molecule has 0 aliphatic carbocycles. The summed E-state index contributed by atoms with van der Waals surface area (Å²) >= 11 is 0. The topological polar surface area (TPSA) is 60.5 Å². The molecule has 0 unspecified atom stereocenters. The minimum Gasteiger partial charge on any atom is -0.491 e. The molecule has 1 heterocycles. The second-order valence-corrected chi connectivity index (χ2v) is 7.35. The molecule has 2 aromatic rings. The fourth-order valence-corrected chi connectivity index (χ4v) is 3.13. The van der Waals surface area contributed by atoms with Crippen molar-refractivity contribution in [3.8, 4) is 5.75 Å². The van der Waals surface area contributed by atoms with Gasteiger partial charge in [0.15, 0.2) is 0 Å². The molecule has 28 heavy (non-hydrogen) atoms. The number of fused-ring (bicyclic) bond motifs is 1. The molecule has 1 atom stereocenters. The Morgan fingerprint density at radius 1 is 1.07 bits per heavy atom. The molecule has 1 amide bonds. The lowest BCUT2D eigenvalue weighted by atomic mass is 9.96. The number of rotatable bonds is 12. The van der Waals surface area contributed by atoms with Crippen molar-refractivity contribution in [3.05, 3.63) is 30.5 Å². The van der Waals surface area contributed by atoms with E-state index in [1.807, 2.05) is 31.2 Å². The predicted molar refractivity (Wildman–Crippen MR) is 115 cm³/mol. The molecule has 154 valence electrons. The van der Waals surface area contributed by atoms with Crippen LogP contribution in [0.1, 0.15) is 66.2 Å². The third-order valence-electron chi connectivity index (χ3n) is 4.81. The monoisotopic (exact) mass is 386 g/mol. The minimum atomic E-state index is -0.836. The van der Waals surface area contributed by atoms with Crippen molar-refractivity contribution in [2.75, 3.05) is 18.5 Å². The Morgan fingerprint density at radius 3 is 2.57 bits per heavy atom. The number of unbranched alkanes of at least 4 members (excludes halogenated alkanes) is 2. The zero-order chi connectivity index (χ0) is 20.4. The number of hydrogen-bond acceptors (Lipinski definition) is 4. The van der Waals surface area contributed by atoms with Crippen LogP contribution in [0.5, 0.6) is 5.75 Å². The van der Waals surface area contributed by atoms with Crippen LogP contribution in [0.4, 0.5) is 5.69 Å². The van der Waals surface area contributed by atoms with E-state index < -0.39 is 5.60 Å². The number of anilines is 1. The molecule has 5 heteroatoms. The number of carbonyl (C=O) groups excluding carboxylic acids is 1. The summed E-state index contributed by atoms with van der Waals surface area (Å²) in [6.07, 6.45) is 7.43. The molecule has 1 N–H and O–H groups in total. The molecule has 0 radical (unpaired) electrons. The quantitative estimate of drug-likeness (QED) is 0.473. The number of carbonyl (C=O) groups is 1. The van der Waals surface area contributed by atoms with Crippen molar-refractivity contribution in [1.82, 2.24) is 4.98 Å². The summed E-state index contributed by atoms with van der Waals surface area (Å²) in [6, 6.07) is 7.59. The Morgan fingerprint density at radius 2 is 1.86 bits per heavy atom. The zero-order valence-corrected chi connectivity index (χ0v) is 17.7. The van der Waals surface area contributed by atoms with Gasteiger partial charge >= 0.3 is 0 Å². The smallest absolute Gasteiger partial charge is 0.256 e. The van der Waals surface area contributed by atoms with Crippen LogP contribution in [0.2, 0.25) is 0 Å². The van der Waals surface area contributed by atoms with Crippen LogP contribution in [0.25, 0.3) is 10.9 Å². The van der Waals surface area contributed by atoms with E-state index in [1.54, 1.807) is 6.20 Å². The highest BCUT2D eigenvalue weighted by Crippen LogP contribution is 2.31. The van der Waals surface area contributed by atoms with Gasteiger partial charge in [-0.15, -0.1) is 0 Å². The van der Waals surface area contributed by atoms with Crippen molar-refractivity contribution in [3.63, 3.8) is 0 Å². The summed E-state index contributed by atoms with van der Waals surface area (Å²) in [4.78, 5) is 17.6. The lowest BCUT2D eigenvalue weighted by Gasteiger charge is -2.29. The average Bonchev–Trinajstić information content (AvgIpc) is 2.71. The van der Waals surface area contributed by atoms with E-state index in [0.717, 1.165) is 54.4 Å². The van der Waals surface area contributed by atoms with Gasteiger partial charge in [-0.2, -0.15) is 0 Å². The fraction of sp³-hybridized carbons (Fsp3) is 0.565. The van der Waals surface area contributed by atoms with Crippen molar-refractivity contribution >= 4 is 22.5 Å². The number of hydrogen-bond donors (Lipinski definition) is 1. The molecule has 0 spiro atoms. The summed E-state index contributed by atoms with van der Waals surface area (Å²) in [6.45, 7) is 9.39. The molecule has 2 rings (SSSR count). The van der Waals surface area contributed by atoms with Crippen LogP contribution in [-0.4, -0.2) is 29.7 Å². The highest BCUT2D eigenvalue weighted by atomic mass is 16.5. The normalized spacial score (nSPS) is 13.3. The first-order chi connectivity index (χ1) is 13.6. The van der Waals surface area contributed by atoms with E-state index in [4.69, 9.17) is 9.47 Å². The summed E-state index contributed by atoms with van der Waals surface area (Å²) in [5, 5.41) is 3.96. The van der Waals surface area contributed by atoms with Gasteiger partial charge in [0.05, 0.1) is 12.3 Å². The standard InChI is InChI=1S/C23H34N2O3/c1-5-8-9-14-23(4,28-17-7-3)22(26)25-19-12-13-20(27-16-6-2)21-18(19)11-10-15-24-21/h10-13,15H,5-9,14,16-17H2,1-4H3,(H,25,26)/t23-/m0/s1. The van der Waals surface area contributed by atoms with E-state index in [9.17, 15) is 4.79 Å². The Balaban J connectivity index is 2.26. The molecule has 0 saturated carbocycles. The molecule has 5 nitrogen and oxygen atoms in total. The van der Waals surface area contributed by atoms with Gasteiger partial charge in [0.2, 0.25) is 0 Å². The molecule has 0 fully saturated rings. The van der Waals surface area contributed by atoms with Crippen LogP contribution in [0.3, 0.4) is 0 Å². The maximum absolute atomic E-state index is 13.1. The van der Waals surface area contributed by atoms with Crippen molar-refractivity contribution in [2.24, 2.45) is 0 Å². The van der Waals surface area contributed by atoms with Gasteiger partial charge < -0.3 is 14.8 Å². The highest BCUT2D eigenvalue weighted by molar-refractivity contribution is 6.05. The summed E-state index contributed by atoms with van der Waals surface area (Å²) in [5.41, 5.74) is 0.659. The van der Waals surface area contributed by atoms with E-state index >= 15 is 0 Å². The van der Waals surface area contributed by atoms with Crippen LogP contribution in [0.15, 0.2) is 30.5 Å². The van der Waals surface area contributed by atoms with Gasteiger partial charge in [-0.1, -0.05) is 40.0 Å². The summed E-state index contributed by atoms with van der Waals surface area (Å²) < 4.78 is 11.8. The Labute approximate surface area is 168 Å². The van der Waals surface area contributed by atoms with Crippen molar-refractivity contribution in [1.29, 1.82) is 0 Å². The molecule has 1 aromatic carbocycles. The SMILES string of the molecule is CCCCC[C@](C)(OCCC)C(=O)Nc1ccc(OCCC)c2ncccc12. The van der Waals surface area contributed by atoms with Crippen LogP contribution < -0.4 is 10.1 Å². The minimum absolute atomic E-state index is 0.107. The maximum Gasteiger partial charge on any atom is 0.256 e. The molecular weight excluding hydrogens is 352 g/mol. The number of nitrogens with zero attached hydrogens (tertiary/aromatic N) is 1. The Hall–Kier alpha value is -2.14. The fourth-order valence-electron chi connectivity index (χ4n) is 3.13. The van der Waals surface area contributed by atoms with Crippen LogP contribution in [0, 0.1) is 0 Å². The number of pyridine rings is 1. The summed E-state index contributed by atoms with van der Waals surface area (Å²) in [5.74, 6) is 0.632. The number of ether oxygens (including phenoxy) is 2. The predicted octanol–water partition coefficient (Wildman–Crippen LogP) is 5.73. The van der Waals surface area contributed by atoms with Crippen LogP contribution in [-0.2, 0) is 9.53 Å². The number of amides is 1. The number of nitrogens with one attached hydrogen (secondary N) is 1. The number of benzene rings is 1. The molecule has 0 saturated heterocycles. The van der Waals surface area contributed by atoms with Gasteiger partial charge in [0.25, 0.3) is 5.91 Å². The Kier molecular flexibility index (Phi) is 8.71. The average molecular weight is 387 g/mol. The third kappa shape index (κ3) is 5.68. The zero-order valence-electron chi connectivity index (χ0n) is 17.7. The van der Waals surface area contributed by atoms with E-state index in [2.05, 4.69) is 31.1 Å². The Bertz CT molecular complexity index is 763. The molecule has 1 aromatic heterocycles. The lowest BCUT2D eigenvalue weighted by Crippen LogP contribution is -2.43. The van der Waals surface area contributed by atoms with Crippen molar-refractivity contribution in [2.45, 2.75) is 71.8 Å². The third-order valence-corrected chi connectivity index (χ3v) is 4.81. The second-order valence-electron chi connectivity index (χ2n) is 7.35. The second kappa shape index (κ2) is 11.0. The van der Waals surface area contributed by atoms with Gasteiger partial charge in [0, 0.05) is 18.2 Å². The van der Waals surface area contributed by atoms with Crippen LogP contribution >= 0.6 is 0 Å². The first kappa shape index (κ1) is 22.2. The van der Waals surface area contributed by atoms with E-state index in [0.29, 0.717) is 19.6 Å². The van der Waals surface area contributed by atoms with E-state index in [1.165, 1.54) is 0 Å². The largest absolute Gasteiger partial charge is 0.491 e. The van der Waals surface area contributed by atoms with E-state index in [-0.39, 0.29) is 5.91 Å². The molecule has 0 aliphatic rings. The highest BCUT2D eigenvalue weighted by Gasteiger charge is 2.34. The van der Waals surface area contributed by atoms with Gasteiger partial charge in [-0.3, -0.25) is 9.78 Å². The first-order valence-electron chi connectivity index (χ1n) is 10.5. The molecule has 0 aliphatic heterocycles. The molecular formula is C23H34N2O3. The molecule has 0 bridgehead atoms. The van der Waals surface area contributed by atoms with Gasteiger partial charge in [-0.25, -0.2) is 0 Å². The van der Waals surface area contributed by atoms with Gasteiger partial charge in [-0.05, 0) is 50.5 Å². The van der Waals surface area contributed by atoms with Crippen molar-refractivity contribution < 1.29 is 14.3 Å². The summed E-state index contributed by atoms with van der Waals surface area (Å²) in [7, 11) is 0.